The summed E-state index contributed by atoms with van der Waals surface area (Å²) in [6.07, 6.45) is 1.61. The van der Waals surface area contributed by atoms with Crippen LogP contribution in [0.25, 0.3) is 10.9 Å². The summed E-state index contributed by atoms with van der Waals surface area (Å²) in [5.41, 5.74) is 2.41. The van der Waals surface area contributed by atoms with Gasteiger partial charge in [0.1, 0.15) is 36.2 Å². The molecule has 2 atom stereocenters. The quantitative estimate of drug-likeness (QED) is 0.389. The molecule has 6 nitrogen and oxygen atoms in total. The number of piperazine rings is 1. The summed E-state index contributed by atoms with van der Waals surface area (Å²) in [7, 11) is 0. The van der Waals surface area contributed by atoms with Gasteiger partial charge in [-0.05, 0) is 53.4 Å². The van der Waals surface area contributed by atoms with Crippen molar-refractivity contribution < 1.29 is 13.6 Å². The Kier molecular flexibility index (Phi) is 6.04. The average molecular weight is 520 g/mol. The van der Waals surface area contributed by atoms with E-state index >= 15 is 0 Å². The van der Waals surface area contributed by atoms with E-state index in [1.165, 1.54) is 24.3 Å². The van der Waals surface area contributed by atoms with Crippen molar-refractivity contribution in [1.29, 1.82) is 0 Å². The van der Waals surface area contributed by atoms with Gasteiger partial charge in [0.2, 0.25) is 5.91 Å². The lowest BCUT2D eigenvalue weighted by atomic mass is 10.0. The highest BCUT2D eigenvalue weighted by molar-refractivity contribution is 6.30. The summed E-state index contributed by atoms with van der Waals surface area (Å²) in [5.74, 6) is -0.0701. The highest BCUT2D eigenvalue weighted by atomic mass is 35.5. The number of carbonyl (C=O) groups is 1. The van der Waals surface area contributed by atoms with Crippen LogP contribution in [0.5, 0.6) is 0 Å². The van der Waals surface area contributed by atoms with Crippen molar-refractivity contribution in [1.82, 2.24) is 14.4 Å². The van der Waals surface area contributed by atoms with E-state index in [1.807, 2.05) is 46.0 Å². The van der Waals surface area contributed by atoms with Gasteiger partial charge in [0.25, 0.3) is 0 Å². The third-order valence-electron chi connectivity index (χ3n) is 6.98. The molecule has 3 aromatic carbocycles. The van der Waals surface area contributed by atoms with Crippen LogP contribution in [0.3, 0.4) is 0 Å². The SMILES string of the molecule is O=C(Cn1ccc2ccccc21)N1CCN2C(=NC(c3ccc(F)cc3)C2Nc2ccc(Cl)c(F)c2)C1. The van der Waals surface area contributed by atoms with E-state index < -0.39 is 5.82 Å². The molecule has 1 N–H and O–H groups in total. The van der Waals surface area contributed by atoms with E-state index in [0.717, 1.165) is 22.3 Å². The van der Waals surface area contributed by atoms with E-state index in [-0.39, 0.29) is 35.5 Å². The Hall–Kier alpha value is -3.91. The van der Waals surface area contributed by atoms with Gasteiger partial charge in [-0.1, -0.05) is 41.9 Å². The Morgan fingerprint density at radius 1 is 1.03 bits per heavy atom. The molecule has 0 spiro atoms. The molecule has 2 aliphatic heterocycles. The number of para-hydroxylation sites is 1. The van der Waals surface area contributed by atoms with Crippen molar-refractivity contribution in [2.24, 2.45) is 4.99 Å². The van der Waals surface area contributed by atoms with E-state index in [9.17, 15) is 13.6 Å². The van der Waals surface area contributed by atoms with Crippen molar-refractivity contribution >= 4 is 39.9 Å². The predicted molar refractivity (Wildman–Crippen MR) is 141 cm³/mol. The number of halogens is 3. The van der Waals surface area contributed by atoms with Crippen molar-refractivity contribution in [3.05, 3.63) is 101 Å². The molecular formula is C28H24ClF2N5O. The van der Waals surface area contributed by atoms with E-state index in [4.69, 9.17) is 16.6 Å². The minimum absolute atomic E-state index is 0.0122. The molecule has 4 aromatic rings. The Morgan fingerprint density at radius 3 is 2.65 bits per heavy atom. The number of hydrogen-bond donors (Lipinski definition) is 1. The lowest BCUT2D eigenvalue weighted by molar-refractivity contribution is -0.131. The largest absolute Gasteiger partial charge is 0.363 e. The Balaban J connectivity index is 1.24. The molecule has 1 saturated heterocycles. The fourth-order valence-corrected chi connectivity index (χ4v) is 5.20. The molecule has 0 aliphatic carbocycles. The van der Waals surface area contributed by atoms with Gasteiger partial charge < -0.3 is 19.7 Å². The molecule has 2 aliphatic rings. The maximum Gasteiger partial charge on any atom is 0.242 e. The van der Waals surface area contributed by atoms with Crippen molar-refractivity contribution in [3.8, 4) is 0 Å². The number of benzene rings is 3. The van der Waals surface area contributed by atoms with Gasteiger partial charge >= 0.3 is 0 Å². The van der Waals surface area contributed by atoms with Crippen LogP contribution in [-0.2, 0) is 11.3 Å². The molecule has 0 bridgehead atoms. The first kappa shape index (κ1) is 23.5. The third-order valence-corrected chi connectivity index (χ3v) is 7.29. The zero-order valence-electron chi connectivity index (χ0n) is 19.8. The van der Waals surface area contributed by atoms with Crippen LogP contribution in [-0.4, -0.2) is 51.9 Å². The first-order valence-electron chi connectivity index (χ1n) is 12.1. The topological polar surface area (TPSA) is 52.9 Å². The van der Waals surface area contributed by atoms with Crippen LogP contribution in [0.15, 0.2) is 84.0 Å². The number of carbonyl (C=O) groups excluding carboxylic acids is 1. The van der Waals surface area contributed by atoms with Crippen molar-refractivity contribution in [3.63, 3.8) is 0 Å². The highest BCUT2D eigenvalue weighted by Gasteiger charge is 2.40. The highest BCUT2D eigenvalue weighted by Crippen LogP contribution is 2.34. The molecule has 188 valence electrons. The molecule has 3 heterocycles. The van der Waals surface area contributed by atoms with Gasteiger partial charge in [-0.2, -0.15) is 0 Å². The van der Waals surface area contributed by atoms with Crippen molar-refractivity contribution in [2.45, 2.75) is 18.8 Å². The van der Waals surface area contributed by atoms with Crippen LogP contribution < -0.4 is 5.32 Å². The van der Waals surface area contributed by atoms with Crippen LogP contribution in [0.4, 0.5) is 14.5 Å². The van der Waals surface area contributed by atoms with E-state index in [1.54, 1.807) is 18.2 Å². The first-order chi connectivity index (χ1) is 18.0. The smallest absolute Gasteiger partial charge is 0.242 e. The maximum absolute atomic E-state index is 14.1. The average Bonchev–Trinajstić information content (AvgIpc) is 3.48. The summed E-state index contributed by atoms with van der Waals surface area (Å²) < 4.78 is 29.7. The summed E-state index contributed by atoms with van der Waals surface area (Å²) in [6.45, 7) is 1.69. The summed E-state index contributed by atoms with van der Waals surface area (Å²) in [5, 5.41) is 4.52. The maximum atomic E-state index is 14.1. The molecule has 1 amide bonds. The molecule has 6 rings (SSSR count). The number of hydrogen-bond acceptors (Lipinski definition) is 4. The number of amides is 1. The first-order valence-corrected chi connectivity index (χ1v) is 12.5. The second-order valence-corrected chi connectivity index (χ2v) is 9.68. The zero-order valence-corrected chi connectivity index (χ0v) is 20.6. The molecule has 0 saturated carbocycles. The number of aromatic nitrogens is 1. The van der Waals surface area contributed by atoms with Crippen LogP contribution in [0.1, 0.15) is 11.6 Å². The second-order valence-electron chi connectivity index (χ2n) is 9.27. The predicted octanol–water partition coefficient (Wildman–Crippen LogP) is 5.31. The molecular weight excluding hydrogens is 496 g/mol. The Morgan fingerprint density at radius 2 is 1.84 bits per heavy atom. The fourth-order valence-electron chi connectivity index (χ4n) is 5.08. The van der Waals surface area contributed by atoms with Gasteiger partial charge in [-0.25, -0.2) is 8.78 Å². The molecule has 37 heavy (non-hydrogen) atoms. The number of rotatable bonds is 5. The lowest BCUT2D eigenvalue weighted by Gasteiger charge is -2.38. The van der Waals surface area contributed by atoms with E-state index in [0.29, 0.717) is 25.3 Å². The second kappa shape index (κ2) is 9.52. The fraction of sp³-hybridized carbons (Fsp3) is 0.214. The molecule has 0 radical (unpaired) electrons. The number of anilines is 1. The van der Waals surface area contributed by atoms with Crippen LogP contribution in [0, 0.1) is 11.6 Å². The van der Waals surface area contributed by atoms with Crippen LogP contribution >= 0.6 is 11.6 Å². The Labute approximate surface area is 217 Å². The number of nitrogens with zero attached hydrogens (tertiary/aromatic N) is 4. The van der Waals surface area contributed by atoms with Crippen molar-refractivity contribution in [2.75, 3.05) is 25.0 Å². The minimum Gasteiger partial charge on any atom is -0.363 e. The molecule has 1 aromatic heterocycles. The van der Waals surface area contributed by atoms with Gasteiger partial charge in [0, 0.05) is 30.5 Å². The summed E-state index contributed by atoms with van der Waals surface area (Å²) >= 11 is 5.87. The normalized spacial score (nSPS) is 19.2. The summed E-state index contributed by atoms with van der Waals surface area (Å²) in [4.78, 5) is 22.1. The standard InChI is InChI=1S/C28H24ClF2N5O/c29-22-10-9-21(15-23(22)31)32-28-27(19-5-7-20(30)8-6-19)33-25-16-35(13-14-36(25)28)26(37)17-34-12-11-18-3-1-2-4-24(18)34/h1-12,15,27-28,32H,13-14,16-17H2. The van der Waals surface area contributed by atoms with Gasteiger partial charge in [0.05, 0.1) is 11.6 Å². The number of nitrogens with one attached hydrogen (secondary N) is 1. The molecule has 2 unspecified atom stereocenters. The van der Waals surface area contributed by atoms with Gasteiger partial charge in [0.15, 0.2) is 0 Å². The zero-order chi connectivity index (χ0) is 25.5. The van der Waals surface area contributed by atoms with Gasteiger partial charge in [-0.15, -0.1) is 0 Å². The van der Waals surface area contributed by atoms with E-state index in [2.05, 4.69) is 10.2 Å². The Bertz CT molecular complexity index is 1500. The number of fused-ring (bicyclic) bond motifs is 2. The number of aliphatic imine (C=N–C) groups is 1. The lowest BCUT2D eigenvalue weighted by Crippen LogP contribution is -2.55. The van der Waals surface area contributed by atoms with Gasteiger partial charge in [-0.3, -0.25) is 9.79 Å². The number of amidine groups is 1. The van der Waals surface area contributed by atoms with Crippen LogP contribution in [0.2, 0.25) is 5.02 Å². The third kappa shape index (κ3) is 4.53. The summed E-state index contributed by atoms with van der Waals surface area (Å²) in [6, 6.07) is 20.4. The monoisotopic (exact) mass is 519 g/mol. The molecule has 9 heteroatoms. The minimum atomic E-state index is -0.517. The molecule has 1 fully saturated rings.